The molecular weight excluding hydrogens is 296 g/mol. The highest BCUT2D eigenvalue weighted by atomic mass is 35.5. The van der Waals surface area contributed by atoms with Crippen molar-refractivity contribution in [1.82, 2.24) is 9.80 Å². The van der Waals surface area contributed by atoms with Gasteiger partial charge in [0.25, 0.3) is 0 Å². The van der Waals surface area contributed by atoms with Crippen LogP contribution in [0.2, 0.25) is 5.02 Å². The third-order valence-electron chi connectivity index (χ3n) is 4.50. The minimum absolute atomic E-state index is 0.267. The van der Waals surface area contributed by atoms with Gasteiger partial charge in [-0.1, -0.05) is 43.6 Å². The van der Waals surface area contributed by atoms with Gasteiger partial charge in [0, 0.05) is 43.9 Å². The van der Waals surface area contributed by atoms with Crippen molar-refractivity contribution in [3.8, 4) is 0 Å². The normalized spacial score (nSPS) is 20.7. The molecule has 0 aromatic heterocycles. The van der Waals surface area contributed by atoms with Crippen LogP contribution in [-0.4, -0.2) is 53.7 Å². The Morgan fingerprint density at radius 3 is 2.73 bits per heavy atom. The number of aliphatic hydroxyl groups is 1. The van der Waals surface area contributed by atoms with Gasteiger partial charge in [-0.05, 0) is 36.9 Å². The van der Waals surface area contributed by atoms with Crippen LogP contribution in [0, 0.1) is 5.92 Å². The SMILES string of the molecule is CC(C)CCN1CCN(Cc2ccccc2Cl)CC1CCO. The Morgan fingerprint density at radius 1 is 1.27 bits per heavy atom. The van der Waals surface area contributed by atoms with Gasteiger partial charge in [-0.3, -0.25) is 9.80 Å². The summed E-state index contributed by atoms with van der Waals surface area (Å²) in [5.41, 5.74) is 1.20. The molecule has 1 unspecified atom stereocenters. The van der Waals surface area contributed by atoms with Gasteiger partial charge < -0.3 is 5.11 Å². The molecule has 1 heterocycles. The van der Waals surface area contributed by atoms with Crippen LogP contribution in [0.15, 0.2) is 24.3 Å². The van der Waals surface area contributed by atoms with E-state index in [9.17, 15) is 5.11 Å². The molecule has 22 heavy (non-hydrogen) atoms. The van der Waals surface area contributed by atoms with Crippen LogP contribution in [0.25, 0.3) is 0 Å². The third-order valence-corrected chi connectivity index (χ3v) is 4.87. The molecule has 1 saturated heterocycles. The van der Waals surface area contributed by atoms with E-state index in [4.69, 9.17) is 11.6 Å². The van der Waals surface area contributed by atoms with Gasteiger partial charge in [0.05, 0.1) is 0 Å². The molecule has 2 rings (SSSR count). The Kier molecular flexibility index (Phi) is 7.16. The van der Waals surface area contributed by atoms with Gasteiger partial charge in [-0.25, -0.2) is 0 Å². The Labute approximate surface area is 139 Å². The van der Waals surface area contributed by atoms with Crippen molar-refractivity contribution in [2.24, 2.45) is 5.92 Å². The highest BCUT2D eigenvalue weighted by Gasteiger charge is 2.26. The molecule has 1 fully saturated rings. The smallest absolute Gasteiger partial charge is 0.0451 e. The number of hydrogen-bond acceptors (Lipinski definition) is 3. The first-order valence-corrected chi connectivity index (χ1v) is 8.78. The fourth-order valence-corrected chi connectivity index (χ4v) is 3.31. The average molecular weight is 325 g/mol. The van der Waals surface area contributed by atoms with Gasteiger partial charge >= 0.3 is 0 Å². The van der Waals surface area contributed by atoms with Gasteiger partial charge in [0.15, 0.2) is 0 Å². The number of rotatable bonds is 7. The summed E-state index contributed by atoms with van der Waals surface area (Å²) in [5, 5.41) is 10.2. The molecule has 0 aliphatic carbocycles. The Bertz CT molecular complexity index is 452. The number of benzene rings is 1. The number of aliphatic hydroxyl groups excluding tert-OH is 1. The van der Waals surface area contributed by atoms with Crippen LogP contribution < -0.4 is 0 Å². The van der Waals surface area contributed by atoms with Gasteiger partial charge in [-0.15, -0.1) is 0 Å². The molecule has 4 heteroatoms. The molecular formula is C18H29ClN2O. The summed E-state index contributed by atoms with van der Waals surface area (Å²) >= 11 is 6.28. The molecule has 1 aromatic rings. The van der Waals surface area contributed by atoms with Crippen LogP contribution >= 0.6 is 11.6 Å². The molecule has 3 nitrogen and oxygen atoms in total. The Morgan fingerprint density at radius 2 is 2.05 bits per heavy atom. The van der Waals surface area contributed by atoms with Gasteiger partial charge in [-0.2, -0.15) is 0 Å². The second kappa shape index (κ2) is 8.88. The third kappa shape index (κ3) is 5.24. The lowest BCUT2D eigenvalue weighted by Gasteiger charge is -2.41. The molecule has 0 amide bonds. The van der Waals surface area contributed by atoms with Crippen molar-refractivity contribution in [2.75, 3.05) is 32.8 Å². The standard InChI is InChI=1S/C18H29ClN2O/c1-15(2)7-9-21-11-10-20(14-17(21)8-12-22)13-16-5-3-4-6-18(16)19/h3-6,15,17,22H,7-14H2,1-2H3. The summed E-state index contributed by atoms with van der Waals surface area (Å²) in [7, 11) is 0. The van der Waals surface area contributed by atoms with E-state index in [2.05, 4.69) is 29.7 Å². The van der Waals surface area contributed by atoms with Crippen molar-refractivity contribution in [3.63, 3.8) is 0 Å². The second-order valence-electron chi connectivity index (χ2n) is 6.71. The number of piperazine rings is 1. The zero-order valence-corrected chi connectivity index (χ0v) is 14.6. The van der Waals surface area contributed by atoms with Crippen LogP contribution in [0.3, 0.4) is 0 Å². The van der Waals surface area contributed by atoms with E-state index in [1.165, 1.54) is 12.0 Å². The monoisotopic (exact) mass is 324 g/mol. The van der Waals surface area contributed by atoms with Crippen molar-refractivity contribution in [1.29, 1.82) is 0 Å². The number of halogens is 1. The summed E-state index contributed by atoms with van der Waals surface area (Å²) < 4.78 is 0. The number of hydrogen-bond donors (Lipinski definition) is 1. The largest absolute Gasteiger partial charge is 0.396 e. The first-order chi connectivity index (χ1) is 10.6. The van der Waals surface area contributed by atoms with Gasteiger partial charge in [0.1, 0.15) is 0 Å². The average Bonchev–Trinajstić information content (AvgIpc) is 2.49. The molecule has 1 aromatic carbocycles. The summed E-state index contributed by atoms with van der Waals surface area (Å²) in [6, 6.07) is 8.55. The fraction of sp³-hybridized carbons (Fsp3) is 0.667. The molecule has 0 spiro atoms. The molecule has 1 aliphatic heterocycles. The highest BCUT2D eigenvalue weighted by Crippen LogP contribution is 2.20. The van der Waals surface area contributed by atoms with E-state index >= 15 is 0 Å². The van der Waals surface area contributed by atoms with Crippen LogP contribution in [0.4, 0.5) is 0 Å². The lowest BCUT2D eigenvalue weighted by atomic mass is 10.0. The van der Waals surface area contributed by atoms with Gasteiger partial charge in [0.2, 0.25) is 0 Å². The maximum Gasteiger partial charge on any atom is 0.0451 e. The summed E-state index contributed by atoms with van der Waals surface area (Å²) in [5.74, 6) is 0.732. The minimum Gasteiger partial charge on any atom is -0.396 e. The Hall–Kier alpha value is -0.610. The molecule has 0 radical (unpaired) electrons. The van der Waals surface area contributed by atoms with E-state index in [1.807, 2.05) is 18.2 Å². The summed E-state index contributed by atoms with van der Waals surface area (Å²) in [4.78, 5) is 5.02. The summed E-state index contributed by atoms with van der Waals surface area (Å²) in [6.07, 6.45) is 2.09. The van der Waals surface area contributed by atoms with Crippen molar-refractivity contribution in [2.45, 2.75) is 39.3 Å². The first kappa shape index (κ1) is 17.7. The van der Waals surface area contributed by atoms with E-state index < -0.39 is 0 Å². The lowest BCUT2D eigenvalue weighted by molar-refractivity contribution is 0.0524. The van der Waals surface area contributed by atoms with E-state index in [1.54, 1.807) is 0 Å². The zero-order valence-electron chi connectivity index (χ0n) is 13.8. The minimum atomic E-state index is 0.267. The fourth-order valence-electron chi connectivity index (χ4n) is 3.11. The van der Waals surface area contributed by atoms with Crippen molar-refractivity contribution >= 4 is 11.6 Å². The van der Waals surface area contributed by atoms with Crippen molar-refractivity contribution < 1.29 is 5.11 Å². The van der Waals surface area contributed by atoms with E-state index in [0.29, 0.717) is 6.04 Å². The van der Waals surface area contributed by atoms with E-state index in [-0.39, 0.29) is 6.61 Å². The van der Waals surface area contributed by atoms with Crippen LogP contribution in [0.5, 0.6) is 0 Å². The van der Waals surface area contributed by atoms with E-state index in [0.717, 1.165) is 50.1 Å². The molecule has 1 N–H and O–H groups in total. The lowest BCUT2D eigenvalue weighted by Crippen LogP contribution is -2.53. The van der Waals surface area contributed by atoms with Crippen molar-refractivity contribution in [3.05, 3.63) is 34.9 Å². The maximum atomic E-state index is 9.37. The van der Waals surface area contributed by atoms with Crippen LogP contribution in [-0.2, 0) is 6.54 Å². The predicted molar refractivity (Wildman–Crippen MR) is 93.2 cm³/mol. The topological polar surface area (TPSA) is 26.7 Å². The first-order valence-electron chi connectivity index (χ1n) is 8.40. The predicted octanol–water partition coefficient (Wildman–Crippen LogP) is 3.25. The highest BCUT2D eigenvalue weighted by molar-refractivity contribution is 6.31. The second-order valence-corrected chi connectivity index (χ2v) is 7.12. The summed E-state index contributed by atoms with van der Waals surface area (Å²) in [6.45, 7) is 10.0. The molecule has 0 saturated carbocycles. The zero-order chi connectivity index (χ0) is 15.9. The maximum absolute atomic E-state index is 9.37. The molecule has 1 atom stereocenters. The quantitative estimate of drug-likeness (QED) is 0.834. The Balaban J connectivity index is 1.93. The molecule has 0 bridgehead atoms. The number of nitrogens with zero attached hydrogens (tertiary/aromatic N) is 2. The molecule has 1 aliphatic rings. The molecule has 124 valence electrons. The van der Waals surface area contributed by atoms with Crippen LogP contribution in [0.1, 0.15) is 32.3 Å².